The van der Waals surface area contributed by atoms with E-state index < -0.39 is 6.10 Å². The molecule has 0 aliphatic carbocycles. The zero-order valence-electron chi connectivity index (χ0n) is 17.8. The third-order valence-corrected chi connectivity index (χ3v) is 6.46. The smallest absolute Gasteiger partial charge is 0.203 e. The quantitative estimate of drug-likeness (QED) is 0.199. The van der Waals surface area contributed by atoms with E-state index in [2.05, 4.69) is 10.4 Å². The number of anilines is 1. The van der Waals surface area contributed by atoms with Crippen LogP contribution in [0.1, 0.15) is 11.7 Å². The summed E-state index contributed by atoms with van der Waals surface area (Å²) < 4.78 is 3.45. The van der Waals surface area contributed by atoms with Crippen LogP contribution in [0.4, 0.5) is 5.69 Å². The molecule has 174 valence electrons. The van der Waals surface area contributed by atoms with E-state index in [0.29, 0.717) is 32.0 Å². The number of benzene rings is 3. The second-order valence-electron chi connectivity index (χ2n) is 7.57. The summed E-state index contributed by atoms with van der Waals surface area (Å²) in [5.74, 6) is 0. The molecule has 0 amide bonds. The Morgan fingerprint density at radius 2 is 1.62 bits per heavy atom. The predicted octanol–water partition coefficient (Wildman–Crippen LogP) is 6.60. The van der Waals surface area contributed by atoms with E-state index in [1.807, 2.05) is 42.5 Å². The van der Waals surface area contributed by atoms with Gasteiger partial charge in [0.1, 0.15) is 0 Å². The van der Waals surface area contributed by atoms with Gasteiger partial charge < -0.3 is 19.6 Å². The molecular weight excluding hydrogens is 495 g/mol. The van der Waals surface area contributed by atoms with Gasteiger partial charge in [0.05, 0.1) is 56.7 Å². The predicted molar refractivity (Wildman–Crippen MR) is 136 cm³/mol. The first-order valence-corrected chi connectivity index (χ1v) is 11.5. The number of hydrogen-bond donors (Lipinski definition) is 4. The Bertz CT molecular complexity index is 1440. The van der Waals surface area contributed by atoms with Crippen molar-refractivity contribution in [3.8, 4) is 0 Å². The van der Waals surface area contributed by atoms with Crippen molar-refractivity contribution in [1.82, 2.24) is 9.13 Å². The van der Waals surface area contributed by atoms with Crippen LogP contribution in [0.15, 0.2) is 83.7 Å². The molecule has 0 fully saturated rings. The van der Waals surface area contributed by atoms with Crippen LogP contribution >= 0.6 is 34.8 Å². The van der Waals surface area contributed by atoms with E-state index in [0.717, 1.165) is 11.0 Å². The van der Waals surface area contributed by atoms with Crippen LogP contribution in [0.3, 0.4) is 0 Å². The fourth-order valence-electron chi connectivity index (χ4n) is 3.65. The van der Waals surface area contributed by atoms with Crippen LogP contribution in [0, 0.1) is 10.9 Å². The van der Waals surface area contributed by atoms with Gasteiger partial charge in [0, 0.05) is 6.20 Å². The van der Waals surface area contributed by atoms with E-state index >= 15 is 0 Å². The molecule has 7 nitrogen and oxygen atoms in total. The summed E-state index contributed by atoms with van der Waals surface area (Å²) >= 11 is 18.3. The number of halogens is 3. The molecule has 1 aromatic heterocycles. The molecule has 4 N–H and O–H groups in total. The minimum atomic E-state index is -0.902. The number of aliphatic hydroxyl groups excluding tert-OH is 1. The van der Waals surface area contributed by atoms with Gasteiger partial charge in [-0.15, -0.1) is 0 Å². The van der Waals surface area contributed by atoms with Crippen molar-refractivity contribution in [2.75, 3.05) is 5.32 Å². The summed E-state index contributed by atoms with van der Waals surface area (Å²) in [5, 5.41) is 27.7. The number of nitrogens with one attached hydrogen (secondary N) is 3. The molecule has 0 spiro atoms. The third-order valence-electron chi connectivity index (χ3n) is 5.39. The summed E-state index contributed by atoms with van der Waals surface area (Å²) in [6.07, 6.45) is 0.693. The standard InChI is InChI=1S/C24H21Cl3N6O/c25-17-10-9-15(11-19(17)27)23(34)14-33-22-8-4-3-7-21(22)32(24(33)28)13-16(31-29)12-30-20-6-2-1-5-18(20)26/h1-12,23,28-30,34H,13-14H2/b16-12-,28-24?,31-29?. The highest BCUT2D eigenvalue weighted by atomic mass is 35.5. The lowest BCUT2D eigenvalue weighted by Crippen LogP contribution is -2.27. The number of aliphatic hydroxyl groups is 1. The van der Waals surface area contributed by atoms with E-state index in [1.165, 1.54) is 0 Å². The van der Waals surface area contributed by atoms with Crippen molar-refractivity contribution >= 4 is 51.5 Å². The lowest BCUT2D eigenvalue weighted by molar-refractivity contribution is 0.155. The second kappa shape index (κ2) is 10.4. The number of hydrogen-bond acceptors (Lipinski definition) is 5. The first-order valence-electron chi connectivity index (χ1n) is 10.3. The van der Waals surface area contributed by atoms with Gasteiger partial charge in [-0.2, -0.15) is 5.11 Å². The summed E-state index contributed by atoms with van der Waals surface area (Å²) in [7, 11) is 0. The lowest BCUT2D eigenvalue weighted by Gasteiger charge is -2.13. The molecule has 0 bridgehead atoms. The van der Waals surface area contributed by atoms with Crippen molar-refractivity contribution in [2.45, 2.75) is 19.2 Å². The number of rotatable bonds is 8. The Morgan fingerprint density at radius 3 is 2.29 bits per heavy atom. The van der Waals surface area contributed by atoms with Crippen molar-refractivity contribution in [1.29, 1.82) is 10.9 Å². The molecule has 0 saturated heterocycles. The van der Waals surface area contributed by atoms with Crippen molar-refractivity contribution in [3.05, 3.63) is 105 Å². The van der Waals surface area contributed by atoms with E-state index in [1.54, 1.807) is 39.6 Å². The topological polar surface area (TPSA) is 102 Å². The molecule has 0 saturated carbocycles. The van der Waals surface area contributed by atoms with Crippen LogP contribution in [0.5, 0.6) is 0 Å². The molecule has 34 heavy (non-hydrogen) atoms. The molecule has 0 aliphatic heterocycles. The maximum absolute atomic E-state index is 10.8. The second-order valence-corrected chi connectivity index (χ2v) is 8.79. The Balaban J connectivity index is 1.66. The van der Waals surface area contributed by atoms with Crippen molar-refractivity contribution < 1.29 is 5.11 Å². The molecule has 1 heterocycles. The molecule has 10 heteroatoms. The van der Waals surface area contributed by atoms with Gasteiger partial charge in [0.25, 0.3) is 0 Å². The highest BCUT2D eigenvalue weighted by Gasteiger charge is 2.17. The number of fused-ring (bicyclic) bond motifs is 1. The molecule has 4 aromatic rings. The average Bonchev–Trinajstić information content (AvgIpc) is 3.10. The molecular formula is C24H21Cl3N6O. The van der Waals surface area contributed by atoms with Crippen LogP contribution in [-0.2, 0) is 13.1 Å². The number of imidazole rings is 1. The molecule has 0 aliphatic rings. The number of allylic oxidation sites excluding steroid dienone is 1. The van der Waals surface area contributed by atoms with Gasteiger partial charge in [-0.3, -0.25) is 5.41 Å². The summed E-state index contributed by atoms with van der Waals surface area (Å²) in [6, 6.07) is 19.8. The Hall–Kier alpha value is -3.10. The Kier molecular flexibility index (Phi) is 7.38. The van der Waals surface area contributed by atoms with Gasteiger partial charge in [-0.05, 0) is 42.0 Å². The van der Waals surface area contributed by atoms with E-state index in [9.17, 15) is 5.11 Å². The third kappa shape index (κ3) is 5.03. The highest BCUT2D eigenvalue weighted by Crippen LogP contribution is 2.27. The van der Waals surface area contributed by atoms with Crippen molar-refractivity contribution in [3.63, 3.8) is 0 Å². The van der Waals surface area contributed by atoms with Gasteiger partial charge in [0.15, 0.2) is 0 Å². The molecule has 1 unspecified atom stereocenters. The fraction of sp³-hybridized carbons (Fsp3) is 0.125. The SMILES string of the molecule is N=N/C(=C\Nc1ccccc1Cl)Cn1c(=N)n(CC(O)c2ccc(Cl)c(Cl)c2)c2ccccc21. The van der Waals surface area contributed by atoms with Crippen LogP contribution in [0.2, 0.25) is 15.1 Å². The fourth-order valence-corrected chi connectivity index (χ4v) is 4.15. The maximum atomic E-state index is 10.8. The van der Waals surface area contributed by atoms with Gasteiger partial charge in [0.2, 0.25) is 5.62 Å². The zero-order chi connectivity index (χ0) is 24.2. The first kappa shape index (κ1) is 24.0. The largest absolute Gasteiger partial charge is 0.387 e. The van der Waals surface area contributed by atoms with Gasteiger partial charge in [-0.1, -0.05) is 65.1 Å². The lowest BCUT2D eigenvalue weighted by atomic mass is 10.1. The van der Waals surface area contributed by atoms with Crippen molar-refractivity contribution in [2.24, 2.45) is 5.11 Å². The van der Waals surface area contributed by atoms with Crippen LogP contribution in [0.25, 0.3) is 11.0 Å². The molecule has 0 radical (unpaired) electrons. The number of aromatic nitrogens is 2. The summed E-state index contributed by atoms with van der Waals surface area (Å²) in [5.41, 5.74) is 11.0. The average molecular weight is 516 g/mol. The number of nitrogens with zero attached hydrogens (tertiary/aromatic N) is 3. The first-order chi connectivity index (χ1) is 16.4. The molecule has 1 atom stereocenters. The van der Waals surface area contributed by atoms with E-state index in [-0.39, 0.29) is 18.7 Å². The van der Waals surface area contributed by atoms with Crippen LogP contribution in [-0.4, -0.2) is 14.2 Å². The highest BCUT2D eigenvalue weighted by molar-refractivity contribution is 6.42. The molecule has 4 rings (SSSR count). The minimum absolute atomic E-state index is 0.138. The Morgan fingerprint density at radius 1 is 0.941 bits per heavy atom. The summed E-state index contributed by atoms with van der Waals surface area (Å²) in [4.78, 5) is 0. The monoisotopic (exact) mass is 514 g/mol. The zero-order valence-corrected chi connectivity index (χ0v) is 20.1. The van der Waals surface area contributed by atoms with Crippen LogP contribution < -0.4 is 10.9 Å². The minimum Gasteiger partial charge on any atom is -0.387 e. The maximum Gasteiger partial charge on any atom is 0.203 e. The molecule has 3 aromatic carbocycles. The Labute approximate surface area is 210 Å². The van der Waals surface area contributed by atoms with E-state index in [4.69, 9.17) is 45.7 Å². The van der Waals surface area contributed by atoms with Gasteiger partial charge >= 0.3 is 0 Å². The number of para-hydroxylation sites is 3. The van der Waals surface area contributed by atoms with Gasteiger partial charge in [-0.25, -0.2) is 5.53 Å². The summed E-state index contributed by atoms with van der Waals surface area (Å²) in [6.45, 7) is 0.315. The normalized spacial score (nSPS) is 12.6.